The van der Waals surface area contributed by atoms with Crippen LogP contribution in [0.25, 0.3) is 11.0 Å². The zero-order valence-electron chi connectivity index (χ0n) is 15.2. The Morgan fingerprint density at radius 1 is 1.04 bits per heavy atom. The molecule has 28 heavy (non-hydrogen) atoms. The fourth-order valence-electron chi connectivity index (χ4n) is 3.21. The summed E-state index contributed by atoms with van der Waals surface area (Å²) in [6, 6.07) is 9.56. The minimum Gasteiger partial charge on any atom is -0.502 e. The average molecular weight is 386 g/mol. The van der Waals surface area contributed by atoms with Crippen LogP contribution in [0.1, 0.15) is 11.7 Å². The Labute approximate surface area is 159 Å². The van der Waals surface area contributed by atoms with Gasteiger partial charge in [0.15, 0.2) is 35.0 Å². The molecule has 0 saturated carbocycles. The number of hydrogen-bond donors (Lipinski definition) is 2. The fraction of sp³-hybridized carbons (Fsp3) is 0.250. The van der Waals surface area contributed by atoms with Gasteiger partial charge in [-0.15, -0.1) is 0 Å². The number of rotatable bonds is 4. The van der Waals surface area contributed by atoms with Crippen LogP contribution in [0.2, 0.25) is 0 Å². The van der Waals surface area contributed by atoms with E-state index in [9.17, 15) is 15.0 Å². The van der Waals surface area contributed by atoms with E-state index < -0.39 is 17.8 Å². The Balaban J connectivity index is 1.82. The molecule has 0 aliphatic carbocycles. The van der Waals surface area contributed by atoms with E-state index in [1.807, 2.05) is 0 Å². The molecule has 2 aromatic carbocycles. The molecule has 0 unspecified atom stereocenters. The number of ether oxygens (including phenoxy) is 4. The third-order valence-corrected chi connectivity index (χ3v) is 4.58. The van der Waals surface area contributed by atoms with Gasteiger partial charge in [0.1, 0.15) is 0 Å². The summed E-state index contributed by atoms with van der Waals surface area (Å²) in [4.78, 5) is 11.6. The molecule has 8 heteroatoms. The van der Waals surface area contributed by atoms with Crippen LogP contribution in [-0.4, -0.2) is 37.1 Å². The Morgan fingerprint density at radius 3 is 2.36 bits per heavy atom. The lowest BCUT2D eigenvalue weighted by Crippen LogP contribution is -2.36. The van der Waals surface area contributed by atoms with E-state index in [2.05, 4.69) is 0 Å². The summed E-state index contributed by atoms with van der Waals surface area (Å²) in [7, 11) is 2.84. The summed E-state index contributed by atoms with van der Waals surface area (Å²) in [6.07, 6.45) is -1.50. The minimum absolute atomic E-state index is 0.140. The van der Waals surface area contributed by atoms with Crippen LogP contribution in [0.5, 0.6) is 28.7 Å². The molecule has 3 aromatic rings. The van der Waals surface area contributed by atoms with Gasteiger partial charge in [-0.2, -0.15) is 0 Å². The quantitative estimate of drug-likeness (QED) is 0.658. The highest BCUT2D eigenvalue weighted by atomic mass is 16.6. The van der Waals surface area contributed by atoms with Gasteiger partial charge in [0.05, 0.1) is 20.8 Å². The van der Waals surface area contributed by atoms with Gasteiger partial charge < -0.3 is 33.6 Å². The topological polar surface area (TPSA) is 108 Å². The van der Waals surface area contributed by atoms with Gasteiger partial charge in [0.25, 0.3) is 0 Å². The largest absolute Gasteiger partial charge is 0.502 e. The van der Waals surface area contributed by atoms with Crippen LogP contribution in [0.4, 0.5) is 0 Å². The van der Waals surface area contributed by atoms with E-state index in [4.69, 9.17) is 23.4 Å². The number of aromatic hydroxyl groups is 1. The monoisotopic (exact) mass is 386 g/mol. The number of aliphatic hydroxyl groups is 1. The Hall–Kier alpha value is -3.39. The molecule has 1 aliphatic heterocycles. The van der Waals surface area contributed by atoms with Gasteiger partial charge in [0, 0.05) is 17.0 Å². The minimum atomic E-state index is -0.789. The third-order valence-electron chi connectivity index (χ3n) is 4.58. The first-order chi connectivity index (χ1) is 13.5. The first-order valence-electron chi connectivity index (χ1n) is 8.51. The summed E-state index contributed by atoms with van der Waals surface area (Å²) in [5.41, 5.74) is 0.314. The number of hydrogen-bond acceptors (Lipinski definition) is 8. The molecule has 8 nitrogen and oxygen atoms in total. The van der Waals surface area contributed by atoms with Crippen molar-refractivity contribution in [2.45, 2.75) is 12.2 Å². The maximum absolute atomic E-state index is 11.6. The van der Waals surface area contributed by atoms with Crippen LogP contribution in [0.15, 0.2) is 45.6 Å². The molecule has 2 atom stereocenters. The normalized spacial score (nSPS) is 18.1. The molecule has 4 rings (SSSR count). The highest BCUT2D eigenvalue weighted by Gasteiger charge is 2.35. The average Bonchev–Trinajstić information content (AvgIpc) is 2.72. The molecule has 146 valence electrons. The van der Waals surface area contributed by atoms with E-state index in [-0.39, 0.29) is 35.2 Å². The predicted octanol–water partition coefficient (Wildman–Crippen LogP) is 2.39. The Bertz CT molecular complexity index is 1060. The zero-order chi connectivity index (χ0) is 19.8. The second kappa shape index (κ2) is 6.97. The molecule has 0 spiro atoms. The molecule has 2 heterocycles. The molecule has 1 aromatic heterocycles. The highest BCUT2D eigenvalue weighted by Crippen LogP contribution is 2.46. The van der Waals surface area contributed by atoms with Crippen LogP contribution in [0, 0.1) is 0 Å². The van der Waals surface area contributed by atoms with E-state index in [0.717, 1.165) is 0 Å². The lowest BCUT2D eigenvalue weighted by molar-refractivity contribution is -0.0119. The molecule has 0 bridgehead atoms. The van der Waals surface area contributed by atoms with E-state index >= 15 is 0 Å². The zero-order valence-corrected chi connectivity index (χ0v) is 15.2. The number of methoxy groups -OCH3 is 2. The Morgan fingerprint density at radius 2 is 1.71 bits per heavy atom. The van der Waals surface area contributed by atoms with Crippen molar-refractivity contribution in [1.82, 2.24) is 0 Å². The molecule has 0 amide bonds. The van der Waals surface area contributed by atoms with Crippen molar-refractivity contribution in [3.05, 3.63) is 52.4 Å². The van der Waals surface area contributed by atoms with Crippen molar-refractivity contribution in [2.75, 3.05) is 20.8 Å². The maximum Gasteiger partial charge on any atom is 0.336 e. The summed E-state index contributed by atoms with van der Waals surface area (Å²) < 4.78 is 27.7. The lowest BCUT2D eigenvalue weighted by Gasteiger charge is -2.33. The van der Waals surface area contributed by atoms with Crippen LogP contribution < -0.4 is 24.6 Å². The Kier molecular flexibility index (Phi) is 4.48. The molecule has 0 saturated heterocycles. The summed E-state index contributed by atoms with van der Waals surface area (Å²) in [6.45, 7) is -0.358. The van der Waals surface area contributed by atoms with Crippen LogP contribution >= 0.6 is 0 Å². The number of fused-ring (bicyclic) bond motifs is 3. The number of phenolic OH excluding ortho intramolecular Hbond substituents is 1. The summed E-state index contributed by atoms with van der Waals surface area (Å²) in [5, 5.41) is 20.7. The summed E-state index contributed by atoms with van der Waals surface area (Å²) in [5.74, 6) is 0.875. The summed E-state index contributed by atoms with van der Waals surface area (Å²) >= 11 is 0. The predicted molar refractivity (Wildman–Crippen MR) is 98.6 cm³/mol. The van der Waals surface area contributed by atoms with Gasteiger partial charge in [0.2, 0.25) is 11.5 Å². The number of benzene rings is 2. The molecule has 0 fully saturated rings. The fourth-order valence-corrected chi connectivity index (χ4v) is 3.21. The smallest absolute Gasteiger partial charge is 0.336 e. The van der Waals surface area contributed by atoms with Crippen molar-refractivity contribution in [3.8, 4) is 28.7 Å². The van der Waals surface area contributed by atoms with Crippen molar-refractivity contribution in [1.29, 1.82) is 0 Å². The van der Waals surface area contributed by atoms with Crippen molar-refractivity contribution in [3.63, 3.8) is 0 Å². The SMILES string of the molecule is COc1cc([C@@H]2Oc3ccc4ccc(=O)oc4c3O[C@@H]2CO)cc(OC)c1O. The highest BCUT2D eigenvalue weighted by molar-refractivity contribution is 5.85. The van der Waals surface area contributed by atoms with Gasteiger partial charge >= 0.3 is 5.63 Å². The molecular formula is C20H18O8. The second-order valence-corrected chi connectivity index (χ2v) is 6.22. The first kappa shape index (κ1) is 18.0. The van der Waals surface area contributed by atoms with Gasteiger partial charge in [-0.05, 0) is 30.3 Å². The third kappa shape index (κ3) is 2.87. The molecule has 2 N–H and O–H groups in total. The van der Waals surface area contributed by atoms with Gasteiger partial charge in [-0.3, -0.25) is 0 Å². The maximum atomic E-state index is 11.6. The molecule has 1 aliphatic rings. The molecule has 0 radical (unpaired) electrons. The molecular weight excluding hydrogens is 368 g/mol. The lowest BCUT2D eigenvalue weighted by atomic mass is 10.0. The van der Waals surface area contributed by atoms with E-state index in [1.165, 1.54) is 20.3 Å². The number of aliphatic hydroxyl groups excluding tert-OH is 1. The van der Waals surface area contributed by atoms with E-state index in [0.29, 0.717) is 16.7 Å². The van der Waals surface area contributed by atoms with Crippen molar-refractivity contribution >= 4 is 11.0 Å². The van der Waals surface area contributed by atoms with E-state index in [1.54, 1.807) is 30.3 Å². The standard InChI is InChI=1S/C20H18O8/c1-24-13-7-11(8-14(25-2)17(13)23)18-15(9-21)27-20-12(26-18)5-3-10-4-6-16(22)28-19(10)20/h3-8,15,18,21,23H,9H2,1-2H3/t15-,18+/m1/s1. The van der Waals surface area contributed by atoms with Gasteiger partial charge in [-0.1, -0.05) is 0 Å². The van der Waals surface area contributed by atoms with Crippen LogP contribution in [-0.2, 0) is 0 Å². The van der Waals surface area contributed by atoms with Crippen molar-refractivity contribution < 1.29 is 33.6 Å². The van der Waals surface area contributed by atoms with Crippen molar-refractivity contribution in [2.24, 2.45) is 0 Å². The van der Waals surface area contributed by atoms with Gasteiger partial charge in [-0.25, -0.2) is 4.79 Å². The second-order valence-electron chi connectivity index (χ2n) is 6.22. The first-order valence-corrected chi connectivity index (χ1v) is 8.51. The van der Waals surface area contributed by atoms with Crippen LogP contribution in [0.3, 0.4) is 0 Å². The number of phenols is 1.